The average molecular weight is 278 g/mol. The van der Waals surface area contributed by atoms with Crippen LogP contribution in [0.2, 0.25) is 0 Å². The van der Waals surface area contributed by atoms with Crippen LogP contribution in [0.25, 0.3) is 10.8 Å². The Balaban J connectivity index is 0.00000133. The molecule has 3 heteroatoms. The third-order valence-corrected chi connectivity index (χ3v) is 3.75. The molecule has 0 unspecified atom stereocenters. The van der Waals surface area contributed by atoms with Crippen molar-refractivity contribution in [1.29, 1.82) is 0 Å². The molecule has 2 nitrogen and oxygen atoms in total. The number of nitrogens with zero attached hydrogens (tertiary/aromatic N) is 1. The molecule has 1 aliphatic heterocycles. The number of benzene rings is 2. The molecule has 0 aromatic heterocycles. The van der Waals surface area contributed by atoms with Gasteiger partial charge in [0, 0.05) is 18.8 Å². The number of methoxy groups -OCH3 is 1. The Morgan fingerprint density at radius 3 is 2.32 bits per heavy atom. The first-order valence-corrected chi connectivity index (χ1v) is 6.69. The Bertz CT molecular complexity index is 549. The lowest BCUT2D eigenvalue weighted by molar-refractivity contribution is 0.415. The first kappa shape index (κ1) is 14.0. The first-order chi connectivity index (χ1) is 8.86. The van der Waals surface area contributed by atoms with E-state index in [0.717, 1.165) is 5.75 Å². The van der Waals surface area contributed by atoms with E-state index in [1.807, 2.05) is 6.07 Å². The molecule has 0 radical (unpaired) electrons. The zero-order valence-electron chi connectivity index (χ0n) is 11.3. The number of piperidine rings is 1. The molecule has 0 saturated carbocycles. The summed E-state index contributed by atoms with van der Waals surface area (Å²) < 4.78 is 5.26. The molecule has 1 fully saturated rings. The van der Waals surface area contributed by atoms with Crippen molar-refractivity contribution < 1.29 is 4.74 Å². The van der Waals surface area contributed by atoms with Gasteiger partial charge in [0.25, 0.3) is 0 Å². The fourth-order valence-electron chi connectivity index (χ4n) is 2.69. The van der Waals surface area contributed by atoms with Crippen LogP contribution in [0.1, 0.15) is 19.3 Å². The summed E-state index contributed by atoms with van der Waals surface area (Å²) in [6.07, 6.45) is 4.02. The van der Waals surface area contributed by atoms with Gasteiger partial charge in [0.2, 0.25) is 0 Å². The molecule has 1 heterocycles. The summed E-state index contributed by atoms with van der Waals surface area (Å²) in [5, 5.41) is 2.54. The Morgan fingerprint density at radius 2 is 1.58 bits per heavy atom. The predicted molar refractivity (Wildman–Crippen MR) is 83.8 cm³/mol. The molecule has 2 aromatic carbocycles. The van der Waals surface area contributed by atoms with Crippen LogP contribution in [-0.2, 0) is 0 Å². The molecular formula is C16H20ClNO. The van der Waals surface area contributed by atoms with Crippen molar-refractivity contribution in [1.82, 2.24) is 0 Å². The summed E-state index contributed by atoms with van der Waals surface area (Å²) in [6.45, 7) is 2.39. The molecule has 2 aromatic rings. The Labute approximate surface area is 120 Å². The number of fused-ring (bicyclic) bond motifs is 1. The molecule has 1 aliphatic rings. The second-order valence-electron chi connectivity index (χ2n) is 4.95. The minimum absolute atomic E-state index is 0. The fraction of sp³-hybridized carbons (Fsp3) is 0.375. The molecule has 1 saturated heterocycles. The highest BCUT2D eigenvalue weighted by Gasteiger charge is 2.11. The van der Waals surface area contributed by atoms with Crippen LogP contribution in [0, 0.1) is 0 Å². The molecule has 0 atom stereocenters. The number of ether oxygens (including phenoxy) is 1. The van der Waals surface area contributed by atoms with Crippen molar-refractivity contribution in [2.45, 2.75) is 19.3 Å². The van der Waals surface area contributed by atoms with Gasteiger partial charge in [-0.1, -0.05) is 12.1 Å². The summed E-state index contributed by atoms with van der Waals surface area (Å²) in [7, 11) is 1.71. The van der Waals surface area contributed by atoms with Crippen molar-refractivity contribution in [3.63, 3.8) is 0 Å². The average Bonchev–Trinajstić information content (AvgIpc) is 2.47. The molecule has 0 bridgehead atoms. The van der Waals surface area contributed by atoms with E-state index < -0.39 is 0 Å². The van der Waals surface area contributed by atoms with E-state index >= 15 is 0 Å². The van der Waals surface area contributed by atoms with Crippen LogP contribution in [0.3, 0.4) is 0 Å². The zero-order chi connectivity index (χ0) is 12.4. The quantitative estimate of drug-likeness (QED) is 0.813. The molecular weight excluding hydrogens is 258 g/mol. The van der Waals surface area contributed by atoms with Crippen molar-refractivity contribution in [2.24, 2.45) is 0 Å². The topological polar surface area (TPSA) is 12.5 Å². The standard InChI is InChI=1S/C16H19NO.ClH/c1-18-16-8-6-13-11-15(7-5-14(13)12-16)17-9-3-2-4-10-17;/h5-8,11-12H,2-4,9-10H2,1H3;1H. The number of hydrogen-bond acceptors (Lipinski definition) is 2. The summed E-state index contributed by atoms with van der Waals surface area (Å²) in [5.74, 6) is 0.924. The van der Waals surface area contributed by atoms with Crippen molar-refractivity contribution in [2.75, 3.05) is 25.1 Å². The molecule has 0 spiro atoms. The van der Waals surface area contributed by atoms with Gasteiger partial charge in [0.1, 0.15) is 5.75 Å². The first-order valence-electron chi connectivity index (χ1n) is 6.69. The molecule has 19 heavy (non-hydrogen) atoms. The number of halogens is 1. The van der Waals surface area contributed by atoms with Crippen molar-refractivity contribution in [3.8, 4) is 5.75 Å². The molecule has 0 amide bonds. The number of rotatable bonds is 2. The molecule has 3 rings (SSSR count). The van der Waals surface area contributed by atoms with Gasteiger partial charge in [0.15, 0.2) is 0 Å². The maximum absolute atomic E-state index is 5.26. The van der Waals surface area contributed by atoms with Gasteiger partial charge in [-0.15, -0.1) is 12.4 Å². The van der Waals surface area contributed by atoms with Gasteiger partial charge in [-0.05, 0) is 54.3 Å². The summed E-state index contributed by atoms with van der Waals surface area (Å²) in [4.78, 5) is 2.49. The molecule has 102 valence electrons. The Morgan fingerprint density at radius 1 is 0.895 bits per heavy atom. The smallest absolute Gasteiger partial charge is 0.119 e. The second kappa shape index (κ2) is 6.16. The SMILES string of the molecule is COc1ccc2cc(N3CCCCC3)ccc2c1.Cl. The fourth-order valence-corrected chi connectivity index (χ4v) is 2.69. The van der Waals surface area contributed by atoms with E-state index in [1.165, 1.54) is 48.8 Å². The van der Waals surface area contributed by atoms with Crippen LogP contribution in [0.4, 0.5) is 5.69 Å². The largest absolute Gasteiger partial charge is 0.497 e. The monoisotopic (exact) mass is 277 g/mol. The van der Waals surface area contributed by atoms with Gasteiger partial charge in [-0.2, -0.15) is 0 Å². The van der Waals surface area contributed by atoms with E-state index in [4.69, 9.17) is 4.74 Å². The van der Waals surface area contributed by atoms with Crippen molar-refractivity contribution in [3.05, 3.63) is 36.4 Å². The molecule has 0 N–H and O–H groups in total. The van der Waals surface area contributed by atoms with Gasteiger partial charge in [0.05, 0.1) is 7.11 Å². The lowest BCUT2D eigenvalue weighted by Gasteiger charge is -2.29. The summed E-state index contributed by atoms with van der Waals surface area (Å²) in [6, 6.07) is 13.0. The highest BCUT2D eigenvalue weighted by atomic mass is 35.5. The van der Waals surface area contributed by atoms with Gasteiger partial charge in [-0.3, -0.25) is 0 Å². The Hall–Kier alpha value is -1.41. The van der Waals surface area contributed by atoms with Gasteiger partial charge < -0.3 is 9.64 Å². The minimum Gasteiger partial charge on any atom is -0.497 e. The lowest BCUT2D eigenvalue weighted by Crippen LogP contribution is -2.29. The van der Waals surface area contributed by atoms with Crippen LogP contribution in [0.5, 0.6) is 5.75 Å². The second-order valence-corrected chi connectivity index (χ2v) is 4.95. The lowest BCUT2D eigenvalue weighted by atomic mass is 10.1. The Kier molecular flexibility index (Phi) is 4.54. The number of anilines is 1. The van der Waals surface area contributed by atoms with Crippen LogP contribution in [-0.4, -0.2) is 20.2 Å². The third-order valence-electron chi connectivity index (χ3n) is 3.75. The van der Waals surface area contributed by atoms with Gasteiger partial charge >= 0.3 is 0 Å². The molecule has 0 aliphatic carbocycles. The highest BCUT2D eigenvalue weighted by Crippen LogP contribution is 2.27. The van der Waals surface area contributed by atoms with Crippen LogP contribution < -0.4 is 9.64 Å². The third kappa shape index (κ3) is 2.95. The van der Waals surface area contributed by atoms with Crippen LogP contribution in [0.15, 0.2) is 36.4 Å². The normalized spacial score (nSPS) is 15.1. The maximum atomic E-state index is 5.26. The van der Waals surface area contributed by atoms with E-state index in [2.05, 4.69) is 35.2 Å². The highest BCUT2D eigenvalue weighted by molar-refractivity contribution is 5.87. The maximum Gasteiger partial charge on any atom is 0.119 e. The van der Waals surface area contributed by atoms with E-state index in [0.29, 0.717) is 0 Å². The zero-order valence-corrected chi connectivity index (χ0v) is 12.1. The van der Waals surface area contributed by atoms with Crippen molar-refractivity contribution >= 4 is 28.9 Å². The predicted octanol–water partition coefficient (Wildman–Crippen LogP) is 4.26. The minimum atomic E-state index is 0. The summed E-state index contributed by atoms with van der Waals surface area (Å²) in [5.41, 5.74) is 1.35. The van der Waals surface area contributed by atoms with E-state index in [1.54, 1.807) is 7.11 Å². The van der Waals surface area contributed by atoms with Gasteiger partial charge in [-0.25, -0.2) is 0 Å². The number of hydrogen-bond donors (Lipinski definition) is 0. The van der Waals surface area contributed by atoms with E-state index in [-0.39, 0.29) is 12.4 Å². The van der Waals surface area contributed by atoms with E-state index in [9.17, 15) is 0 Å². The van der Waals surface area contributed by atoms with Crippen LogP contribution >= 0.6 is 12.4 Å². The summed E-state index contributed by atoms with van der Waals surface area (Å²) >= 11 is 0.